The number of pyridine rings is 1. The SMILES string of the molecule is COc1ccccc1N(C)C1CN(C(=O)c2ccc(NS(=O)(=O)c3cccc4cccnc34)cc2)C1. The molecule has 36 heavy (non-hydrogen) atoms. The first-order valence-electron chi connectivity index (χ1n) is 11.5. The molecule has 4 aromatic rings. The van der Waals surface area contributed by atoms with Gasteiger partial charge >= 0.3 is 0 Å². The van der Waals surface area contributed by atoms with E-state index in [2.05, 4.69) is 14.6 Å². The highest BCUT2D eigenvalue weighted by Crippen LogP contribution is 2.31. The highest BCUT2D eigenvalue weighted by Gasteiger charge is 2.34. The van der Waals surface area contributed by atoms with Gasteiger partial charge in [0.15, 0.2) is 0 Å². The van der Waals surface area contributed by atoms with E-state index >= 15 is 0 Å². The van der Waals surface area contributed by atoms with E-state index in [1.807, 2.05) is 43.4 Å². The molecule has 5 rings (SSSR count). The fourth-order valence-electron chi connectivity index (χ4n) is 4.35. The average molecular weight is 503 g/mol. The van der Waals surface area contributed by atoms with E-state index in [1.165, 1.54) is 6.07 Å². The fraction of sp³-hybridized carbons (Fsp3) is 0.185. The van der Waals surface area contributed by atoms with Crippen LogP contribution in [-0.4, -0.2) is 57.5 Å². The Kier molecular flexibility index (Phi) is 6.24. The zero-order valence-corrected chi connectivity index (χ0v) is 20.8. The number of fused-ring (bicyclic) bond motifs is 1. The number of carbonyl (C=O) groups is 1. The third-order valence-electron chi connectivity index (χ3n) is 6.43. The number of carbonyl (C=O) groups excluding carboxylic acids is 1. The van der Waals surface area contributed by atoms with Crippen molar-refractivity contribution in [3.63, 3.8) is 0 Å². The van der Waals surface area contributed by atoms with Crippen molar-refractivity contribution < 1.29 is 17.9 Å². The lowest BCUT2D eigenvalue weighted by molar-refractivity contribution is 0.0603. The number of sulfonamides is 1. The maximum absolute atomic E-state index is 13.0. The largest absolute Gasteiger partial charge is 0.495 e. The van der Waals surface area contributed by atoms with Crippen LogP contribution in [-0.2, 0) is 10.0 Å². The maximum atomic E-state index is 13.0. The van der Waals surface area contributed by atoms with Crippen molar-refractivity contribution in [2.75, 3.05) is 36.9 Å². The number of methoxy groups -OCH3 is 1. The van der Waals surface area contributed by atoms with Crippen LogP contribution < -0.4 is 14.4 Å². The van der Waals surface area contributed by atoms with Crippen molar-refractivity contribution in [3.8, 4) is 5.75 Å². The Morgan fingerprint density at radius 2 is 1.72 bits per heavy atom. The molecule has 1 amide bonds. The van der Waals surface area contributed by atoms with Gasteiger partial charge in [0.05, 0.1) is 24.4 Å². The minimum atomic E-state index is -3.86. The van der Waals surface area contributed by atoms with Crippen molar-refractivity contribution in [2.45, 2.75) is 10.9 Å². The van der Waals surface area contributed by atoms with Crippen LogP contribution in [0, 0.1) is 0 Å². The molecule has 1 aliphatic rings. The van der Waals surface area contributed by atoms with Crippen molar-refractivity contribution in [1.82, 2.24) is 9.88 Å². The number of hydrogen-bond acceptors (Lipinski definition) is 6. The second kappa shape index (κ2) is 9.50. The first kappa shape index (κ1) is 23.6. The van der Waals surface area contributed by atoms with Crippen molar-refractivity contribution in [2.24, 2.45) is 0 Å². The summed E-state index contributed by atoms with van der Waals surface area (Å²) in [7, 11) is -0.214. The van der Waals surface area contributed by atoms with Gasteiger partial charge in [-0.05, 0) is 48.5 Å². The molecule has 1 fully saturated rings. The van der Waals surface area contributed by atoms with E-state index in [1.54, 1.807) is 54.6 Å². The molecule has 0 atom stereocenters. The molecule has 8 nitrogen and oxygen atoms in total. The van der Waals surface area contributed by atoms with E-state index in [-0.39, 0.29) is 16.8 Å². The topological polar surface area (TPSA) is 91.8 Å². The van der Waals surface area contributed by atoms with Crippen LogP contribution in [0.5, 0.6) is 5.75 Å². The van der Waals surface area contributed by atoms with Gasteiger partial charge in [-0.2, -0.15) is 0 Å². The number of ether oxygens (including phenoxy) is 1. The van der Waals surface area contributed by atoms with Crippen LogP contribution in [0.4, 0.5) is 11.4 Å². The van der Waals surface area contributed by atoms with Crippen LogP contribution in [0.2, 0.25) is 0 Å². The Balaban J connectivity index is 1.24. The lowest BCUT2D eigenvalue weighted by Gasteiger charge is -2.45. The van der Waals surface area contributed by atoms with Crippen molar-refractivity contribution in [3.05, 3.63) is 90.6 Å². The minimum absolute atomic E-state index is 0.0904. The number of nitrogens with one attached hydrogen (secondary N) is 1. The average Bonchev–Trinajstić information content (AvgIpc) is 2.87. The van der Waals surface area contributed by atoms with Crippen molar-refractivity contribution >= 4 is 38.2 Å². The molecular formula is C27H26N4O4S. The predicted octanol–water partition coefficient (Wildman–Crippen LogP) is 4.01. The van der Waals surface area contributed by atoms with E-state index in [0.717, 1.165) is 16.8 Å². The smallest absolute Gasteiger partial charge is 0.264 e. The predicted molar refractivity (Wildman–Crippen MR) is 140 cm³/mol. The number of hydrogen-bond donors (Lipinski definition) is 1. The quantitative estimate of drug-likeness (QED) is 0.411. The van der Waals surface area contributed by atoms with Crippen LogP contribution in [0.1, 0.15) is 10.4 Å². The van der Waals surface area contributed by atoms with Crippen LogP contribution >= 0.6 is 0 Å². The third-order valence-corrected chi connectivity index (χ3v) is 7.84. The van der Waals surface area contributed by atoms with Gasteiger partial charge in [-0.25, -0.2) is 8.42 Å². The molecule has 1 aliphatic heterocycles. The standard InChI is InChI=1S/C27H26N4O4S/c1-30(23-9-3-4-10-24(23)35-2)22-17-31(18-22)27(32)20-12-14-21(15-13-20)29-36(33,34)25-11-5-7-19-8-6-16-28-26(19)25/h3-16,22,29H,17-18H2,1-2H3. The summed E-state index contributed by atoms with van der Waals surface area (Å²) in [6, 6.07) is 23.1. The maximum Gasteiger partial charge on any atom is 0.264 e. The Morgan fingerprint density at radius 1 is 1.00 bits per heavy atom. The number of amides is 1. The Hall–Kier alpha value is -4.11. The Bertz CT molecular complexity index is 1510. The van der Waals surface area contributed by atoms with Gasteiger partial charge in [0.1, 0.15) is 10.6 Å². The van der Waals surface area contributed by atoms with Gasteiger partial charge in [-0.1, -0.05) is 30.3 Å². The van der Waals surface area contributed by atoms with Crippen LogP contribution in [0.25, 0.3) is 10.9 Å². The van der Waals surface area contributed by atoms with Gasteiger partial charge < -0.3 is 14.5 Å². The summed E-state index contributed by atoms with van der Waals surface area (Å²) < 4.78 is 34.1. The number of nitrogens with zero attached hydrogens (tertiary/aromatic N) is 3. The van der Waals surface area contributed by atoms with Crippen LogP contribution in [0.3, 0.4) is 0 Å². The van der Waals surface area contributed by atoms with E-state index in [9.17, 15) is 13.2 Å². The lowest BCUT2D eigenvalue weighted by Crippen LogP contribution is -2.60. The Morgan fingerprint density at radius 3 is 2.47 bits per heavy atom. The fourth-order valence-corrected chi connectivity index (χ4v) is 5.59. The number of benzene rings is 3. The molecule has 1 N–H and O–H groups in total. The highest BCUT2D eigenvalue weighted by atomic mass is 32.2. The number of aromatic nitrogens is 1. The molecule has 9 heteroatoms. The first-order chi connectivity index (χ1) is 17.4. The van der Waals surface area contributed by atoms with E-state index in [4.69, 9.17) is 4.74 Å². The molecule has 0 spiro atoms. The van der Waals surface area contributed by atoms with E-state index < -0.39 is 10.0 Å². The Labute approximate surface area is 210 Å². The second-order valence-corrected chi connectivity index (χ2v) is 10.3. The molecule has 0 radical (unpaired) electrons. The minimum Gasteiger partial charge on any atom is -0.495 e. The molecule has 1 aromatic heterocycles. The summed E-state index contributed by atoms with van der Waals surface area (Å²) in [5.74, 6) is 0.703. The first-order valence-corrected chi connectivity index (χ1v) is 13.0. The zero-order chi connectivity index (χ0) is 25.3. The number of rotatable bonds is 7. The van der Waals surface area contributed by atoms with Gasteiger partial charge in [0, 0.05) is 43.0 Å². The monoisotopic (exact) mass is 502 g/mol. The summed E-state index contributed by atoms with van der Waals surface area (Å²) >= 11 is 0. The number of likely N-dealkylation sites (tertiary alicyclic amines) is 1. The number of likely N-dealkylation sites (N-methyl/N-ethyl adjacent to an activating group) is 1. The molecule has 0 bridgehead atoms. The summed E-state index contributed by atoms with van der Waals surface area (Å²) in [4.78, 5) is 21.2. The molecule has 1 saturated heterocycles. The normalized spacial score (nSPS) is 13.8. The lowest BCUT2D eigenvalue weighted by atomic mass is 10.0. The molecule has 0 aliphatic carbocycles. The van der Waals surface area contributed by atoms with Gasteiger partial charge in [0.25, 0.3) is 15.9 Å². The molecule has 0 unspecified atom stereocenters. The molecule has 184 valence electrons. The number of anilines is 2. The summed E-state index contributed by atoms with van der Waals surface area (Å²) in [5, 5.41) is 0.741. The zero-order valence-electron chi connectivity index (χ0n) is 20.0. The van der Waals surface area contributed by atoms with Gasteiger partial charge in [-0.3, -0.25) is 14.5 Å². The number of para-hydroxylation sites is 3. The van der Waals surface area contributed by atoms with Gasteiger partial charge in [0.2, 0.25) is 0 Å². The third kappa shape index (κ3) is 4.45. The van der Waals surface area contributed by atoms with Crippen molar-refractivity contribution in [1.29, 1.82) is 0 Å². The van der Waals surface area contributed by atoms with Crippen LogP contribution in [0.15, 0.2) is 90.0 Å². The summed E-state index contributed by atoms with van der Waals surface area (Å²) in [6.45, 7) is 1.19. The molecule has 0 saturated carbocycles. The highest BCUT2D eigenvalue weighted by molar-refractivity contribution is 7.93. The second-order valence-electron chi connectivity index (χ2n) is 8.66. The summed E-state index contributed by atoms with van der Waals surface area (Å²) in [5.41, 5.74) is 2.26. The van der Waals surface area contributed by atoms with E-state index in [0.29, 0.717) is 29.9 Å². The molecule has 3 aromatic carbocycles. The summed E-state index contributed by atoms with van der Waals surface area (Å²) in [6.07, 6.45) is 1.57. The molecule has 2 heterocycles. The molecular weight excluding hydrogens is 476 g/mol. The van der Waals surface area contributed by atoms with Gasteiger partial charge in [-0.15, -0.1) is 0 Å².